The molecule has 3 rings (SSSR count). The van der Waals surface area contributed by atoms with Crippen LogP contribution in [0.1, 0.15) is 22.5 Å². The molecule has 0 saturated carbocycles. The highest BCUT2D eigenvalue weighted by Crippen LogP contribution is 2.20. The van der Waals surface area contributed by atoms with E-state index in [4.69, 9.17) is 20.8 Å². The highest BCUT2D eigenvalue weighted by molar-refractivity contribution is 6.30. The molecule has 116 valence electrons. The van der Waals surface area contributed by atoms with E-state index >= 15 is 0 Å². The van der Waals surface area contributed by atoms with Crippen molar-refractivity contribution in [3.05, 3.63) is 47.1 Å². The number of rotatable bonds is 6. The molecular weight excluding hydrogens is 306 g/mol. The minimum atomic E-state index is -0.300. The van der Waals surface area contributed by atoms with Gasteiger partial charge in [-0.15, -0.1) is 0 Å². The fourth-order valence-electron chi connectivity index (χ4n) is 2.03. The van der Waals surface area contributed by atoms with Crippen molar-refractivity contribution in [3.63, 3.8) is 0 Å². The van der Waals surface area contributed by atoms with Gasteiger partial charge in [-0.25, -0.2) is 4.98 Å². The predicted octanol–water partition coefficient (Wildman–Crippen LogP) is 2.00. The van der Waals surface area contributed by atoms with E-state index in [-0.39, 0.29) is 18.2 Å². The number of pyridine rings is 1. The van der Waals surface area contributed by atoms with Gasteiger partial charge in [0, 0.05) is 18.2 Å². The Labute approximate surface area is 132 Å². The number of hydrogen-bond donors (Lipinski definition) is 2. The molecule has 0 bridgehead atoms. The van der Waals surface area contributed by atoms with Crippen LogP contribution in [-0.2, 0) is 6.54 Å². The first kappa shape index (κ1) is 14.9. The molecule has 0 radical (unpaired) electrons. The summed E-state index contributed by atoms with van der Waals surface area (Å²) < 4.78 is 10.7. The molecule has 1 aliphatic heterocycles. The Hall–Kier alpha value is -2.05. The van der Waals surface area contributed by atoms with E-state index < -0.39 is 0 Å². The Morgan fingerprint density at radius 2 is 2.45 bits per heavy atom. The van der Waals surface area contributed by atoms with Crippen LogP contribution in [-0.4, -0.2) is 30.1 Å². The zero-order valence-corrected chi connectivity index (χ0v) is 12.6. The van der Waals surface area contributed by atoms with E-state index in [1.165, 1.54) is 6.26 Å². The maximum Gasteiger partial charge on any atom is 0.287 e. The summed E-state index contributed by atoms with van der Waals surface area (Å²) >= 11 is 6.05. The van der Waals surface area contributed by atoms with E-state index in [1.54, 1.807) is 24.4 Å². The molecular formula is C15H16ClN3O3. The summed E-state index contributed by atoms with van der Waals surface area (Å²) in [6, 6.07) is 5.45. The molecule has 0 spiro atoms. The van der Waals surface area contributed by atoms with Crippen LogP contribution in [0.15, 0.2) is 35.1 Å². The maximum atomic E-state index is 11.8. The number of furan rings is 1. The number of nitrogens with one attached hydrogen (secondary N) is 2. The van der Waals surface area contributed by atoms with Crippen LogP contribution in [0, 0.1) is 0 Å². The van der Waals surface area contributed by atoms with Gasteiger partial charge < -0.3 is 19.8 Å². The zero-order valence-electron chi connectivity index (χ0n) is 11.8. The van der Waals surface area contributed by atoms with Crippen LogP contribution >= 0.6 is 11.6 Å². The second kappa shape index (κ2) is 6.81. The smallest absolute Gasteiger partial charge is 0.287 e. The number of carbonyl (C=O) groups is 1. The Balaban J connectivity index is 1.58. The highest BCUT2D eigenvalue weighted by Gasteiger charge is 2.17. The van der Waals surface area contributed by atoms with Crippen molar-refractivity contribution in [2.24, 2.45) is 0 Å². The van der Waals surface area contributed by atoms with E-state index in [1.807, 2.05) is 0 Å². The second-order valence-electron chi connectivity index (χ2n) is 5.03. The lowest BCUT2D eigenvalue weighted by Gasteiger charge is -2.27. The van der Waals surface area contributed by atoms with E-state index in [2.05, 4.69) is 15.6 Å². The van der Waals surface area contributed by atoms with Crippen molar-refractivity contribution < 1.29 is 13.9 Å². The Bertz CT molecular complexity index is 641. The molecule has 0 aromatic carbocycles. The third-order valence-corrected chi connectivity index (χ3v) is 3.79. The van der Waals surface area contributed by atoms with Crippen molar-refractivity contribution in [1.29, 1.82) is 0 Å². The molecule has 0 aliphatic carbocycles. The number of aromatic nitrogens is 1. The molecule has 6 nitrogen and oxygen atoms in total. The minimum Gasteiger partial charge on any atom is -0.490 e. The summed E-state index contributed by atoms with van der Waals surface area (Å²) in [7, 11) is 0. The SMILES string of the molecule is O=C(NCc1cc(OCC2CCN2)cnc1Cl)c1ccco1. The van der Waals surface area contributed by atoms with Crippen molar-refractivity contribution in [2.75, 3.05) is 13.2 Å². The van der Waals surface area contributed by atoms with Gasteiger partial charge in [0.15, 0.2) is 5.76 Å². The number of ether oxygens (including phenoxy) is 1. The number of hydrogen-bond acceptors (Lipinski definition) is 5. The Kier molecular flexibility index (Phi) is 4.60. The highest BCUT2D eigenvalue weighted by atomic mass is 35.5. The standard InChI is InChI=1S/C15H16ClN3O3/c16-14-10(7-19-15(20)13-2-1-5-21-13)6-12(8-18-14)22-9-11-3-4-17-11/h1-2,5-6,8,11,17H,3-4,7,9H2,(H,19,20). The molecule has 1 fully saturated rings. The molecule has 1 amide bonds. The van der Waals surface area contributed by atoms with Gasteiger partial charge in [0.2, 0.25) is 0 Å². The summed E-state index contributed by atoms with van der Waals surface area (Å²) in [6.07, 6.45) is 4.15. The first-order valence-electron chi connectivity index (χ1n) is 7.04. The first-order valence-corrected chi connectivity index (χ1v) is 7.42. The second-order valence-corrected chi connectivity index (χ2v) is 5.39. The van der Waals surface area contributed by atoms with E-state index in [0.717, 1.165) is 13.0 Å². The lowest BCUT2D eigenvalue weighted by Crippen LogP contribution is -2.46. The van der Waals surface area contributed by atoms with Gasteiger partial charge in [-0.1, -0.05) is 11.6 Å². The lowest BCUT2D eigenvalue weighted by molar-refractivity contribution is 0.0923. The van der Waals surface area contributed by atoms with Gasteiger partial charge in [-0.05, 0) is 31.2 Å². The Morgan fingerprint density at radius 1 is 1.59 bits per heavy atom. The van der Waals surface area contributed by atoms with Gasteiger partial charge in [0.25, 0.3) is 5.91 Å². The van der Waals surface area contributed by atoms with Crippen LogP contribution < -0.4 is 15.4 Å². The van der Waals surface area contributed by atoms with Gasteiger partial charge in [-0.2, -0.15) is 0 Å². The quantitative estimate of drug-likeness (QED) is 0.796. The molecule has 1 atom stereocenters. The van der Waals surface area contributed by atoms with Gasteiger partial charge in [0.05, 0.1) is 12.5 Å². The summed E-state index contributed by atoms with van der Waals surface area (Å²) in [4.78, 5) is 15.9. The average Bonchev–Trinajstić information content (AvgIpc) is 3.00. The Morgan fingerprint density at radius 3 is 3.14 bits per heavy atom. The fourth-order valence-corrected chi connectivity index (χ4v) is 2.20. The van der Waals surface area contributed by atoms with E-state index in [0.29, 0.717) is 29.1 Å². The molecule has 2 N–H and O–H groups in total. The lowest BCUT2D eigenvalue weighted by atomic mass is 10.1. The third kappa shape index (κ3) is 3.58. The molecule has 22 heavy (non-hydrogen) atoms. The van der Waals surface area contributed by atoms with Gasteiger partial charge >= 0.3 is 0 Å². The predicted molar refractivity (Wildman–Crippen MR) is 81.0 cm³/mol. The third-order valence-electron chi connectivity index (χ3n) is 3.45. The summed E-state index contributed by atoms with van der Waals surface area (Å²) in [5.41, 5.74) is 0.695. The van der Waals surface area contributed by atoms with Crippen LogP contribution in [0.3, 0.4) is 0 Å². The number of carbonyl (C=O) groups excluding carboxylic acids is 1. The van der Waals surface area contributed by atoms with Crippen LogP contribution in [0.5, 0.6) is 5.75 Å². The minimum absolute atomic E-state index is 0.254. The largest absolute Gasteiger partial charge is 0.490 e. The topological polar surface area (TPSA) is 76.4 Å². The summed E-state index contributed by atoms with van der Waals surface area (Å²) in [5.74, 6) is 0.596. The number of nitrogens with zero attached hydrogens (tertiary/aromatic N) is 1. The molecule has 1 aliphatic rings. The van der Waals surface area contributed by atoms with Crippen LogP contribution in [0.25, 0.3) is 0 Å². The molecule has 2 aromatic rings. The summed E-state index contributed by atoms with van der Waals surface area (Å²) in [6.45, 7) is 1.89. The molecule has 3 heterocycles. The van der Waals surface area contributed by atoms with Gasteiger partial charge in [-0.3, -0.25) is 4.79 Å². The van der Waals surface area contributed by atoms with Crippen molar-refractivity contribution in [2.45, 2.75) is 19.0 Å². The number of halogens is 1. The van der Waals surface area contributed by atoms with Crippen LogP contribution in [0.2, 0.25) is 5.15 Å². The number of amides is 1. The molecule has 2 aromatic heterocycles. The molecule has 7 heteroatoms. The fraction of sp³-hybridized carbons (Fsp3) is 0.333. The molecule has 1 saturated heterocycles. The summed E-state index contributed by atoms with van der Waals surface area (Å²) in [5, 5.41) is 6.33. The monoisotopic (exact) mass is 321 g/mol. The van der Waals surface area contributed by atoms with Gasteiger partial charge in [0.1, 0.15) is 17.5 Å². The molecule has 1 unspecified atom stereocenters. The van der Waals surface area contributed by atoms with Crippen molar-refractivity contribution in [1.82, 2.24) is 15.6 Å². The maximum absolute atomic E-state index is 11.8. The first-order chi connectivity index (χ1) is 10.7. The van der Waals surface area contributed by atoms with Crippen molar-refractivity contribution in [3.8, 4) is 5.75 Å². The average molecular weight is 322 g/mol. The van der Waals surface area contributed by atoms with Crippen molar-refractivity contribution >= 4 is 17.5 Å². The zero-order chi connectivity index (χ0) is 15.4. The van der Waals surface area contributed by atoms with E-state index in [9.17, 15) is 4.79 Å². The van der Waals surface area contributed by atoms with Crippen LogP contribution in [0.4, 0.5) is 0 Å². The normalized spacial score (nSPS) is 16.9.